The number of rotatable bonds is 4. The Labute approximate surface area is 107 Å². The number of nitrogens with zero attached hydrogens (tertiary/aromatic N) is 1. The van der Waals surface area contributed by atoms with Crippen LogP contribution < -0.4 is 5.73 Å². The van der Waals surface area contributed by atoms with Crippen LogP contribution in [0.2, 0.25) is 0 Å². The van der Waals surface area contributed by atoms with E-state index < -0.39 is 0 Å². The highest BCUT2D eigenvalue weighted by atomic mass is 32.1. The van der Waals surface area contributed by atoms with Crippen LogP contribution in [0.15, 0.2) is 17.5 Å². The van der Waals surface area contributed by atoms with Crippen molar-refractivity contribution in [3.8, 4) is 0 Å². The van der Waals surface area contributed by atoms with Crippen LogP contribution in [0.25, 0.3) is 0 Å². The fraction of sp³-hybridized carbons (Fsp3) is 0.615. The Kier molecular flexibility index (Phi) is 4.18. The van der Waals surface area contributed by atoms with Gasteiger partial charge in [-0.05, 0) is 36.8 Å². The number of amides is 1. The first-order valence-electron chi connectivity index (χ1n) is 6.19. The molecule has 1 aromatic heterocycles. The molecule has 1 saturated carbocycles. The van der Waals surface area contributed by atoms with Gasteiger partial charge < -0.3 is 10.6 Å². The Morgan fingerprint density at radius 2 is 2.41 bits per heavy atom. The molecule has 1 aliphatic rings. The third-order valence-corrected chi connectivity index (χ3v) is 4.49. The van der Waals surface area contributed by atoms with Crippen molar-refractivity contribution in [1.82, 2.24) is 4.90 Å². The molecule has 2 N–H and O–H groups in total. The molecule has 1 aliphatic carbocycles. The van der Waals surface area contributed by atoms with Crippen LogP contribution in [-0.2, 0) is 11.3 Å². The van der Waals surface area contributed by atoms with Gasteiger partial charge in [-0.1, -0.05) is 12.5 Å². The summed E-state index contributed by atoms with van der Waals surface area (Å²) < 4.78 is 0. The number of carbonyl (C=O) groups excluding carboxylic acids is 1. The minimum absolute atomic E-state index is 0.157. The third kappa shape index (κ3) is 2.87. The highest BCUT2D eigenvalue weighted by Gasteiger charge is 2.33. The highest BCUT2D eigenvalue weighted by Crippen LogP contribution is 2.32. The van der Waals surface area contributed by atoms with Crippen LogP contribution in [0.3, 0.4) is 0 Å². The fourth-order valence-corrected chi connectivity index (χ4v) is 3.40. The van der Waals surface area contributed by atoms with E-state index in [4.69, 9.17) is 5.73 Å². The van der Waals surface area contributed by atoms with Crippen LogP contribution in [0.1, 0.15) is 24.1 Å². The molecule has 4 heteroatoms. The lowest BCUT2D eigenvalue weighted by Gasteiger charge is -2.24. The zero-order chi connectivity index (χ0) is 12.3. The number of nitrogens with two attached hydrogens (primary N) is 1. The predicted octanol–water partition coefficient (Wildman–Crippen LogP) is 2.08. The summed E-state index contributed by atoms with van der Waals surface area (Å²) in [5.41, 5.74) is 5.73. The molecule has 2 atom stereocenters. The van der Waals surface area contributed by atoms with Gasteiger partial charge in [0.05, 0.1) is 6.54 Å². The summed E-state index contributed by atoms with van der Waals surface area (Å²) in [6.07, 6.45) is 3.26. The van der Waals surface area contributed by atoms with Gasteiger partial charge in [0.1, 0.15) is 0 Å². The van der Waals surface area contributed by atoms with E-state index in [1.165, 1.54) is 4.88 Å². The normalized spacial score (nSPS) is 23.9. The Morgan fingerprint density at radius 3 is 3.06 bits per heavy atom. The van der Waals surface area contributed by atoms with E-state index in [0.717, 1.165) is 25.8 Å². The van der Waals surface area contributed by atoms with Gasteiger partial charge in [-0.2, -0.15) is 0 Å². The van der Waals surface area contributed by atoms with Crippen molar-refractivity contribution in [2.75, 3.05) is 13.6 Å². The van der Waals surface area contributed by atoms with Gasteiger partial charge in [0, 0.05) is 17.8 Å². The first-order chi connectivity index (χ1) is 8.22. The summed E-state index contributed by atoms with van der Waals surface area (Å²) in [7, 11) is 1.90. The molecule has 2 unspecified atom stereocenters. The second kappa shape index (κ2) is 5.65. The van der Waals surface area contributed by atoms with E-state index in [9.17, 15) is 4.79 Å². The maximum atomic E-state index is 12.3. The molecule has 0 spiro atoms. The average Bonchev–Trinajstić information content (AvgIpc) is 2.97. The molecule has 0 bridgehead atoms. The zero-order valence-electron chi connectivity index (χ0n) is 10.3. The lowest BCUT2D eigenvalue weighted by molar-refractivity contribution is -0.135. The Balaban J connectivity index is 1.94. The molecule has 0 saturated heterocycles. The second-order valence-corrected chi connectivity index (χ2v) is 5.84. The maximum Gasteiger partial charge on any atom is 0.226 e. The molecular formula is C13H20N2OS. The van der Waals surface area contributed by atoms with Crippen LogP contribution in [-0.4, -0.2) is 24.4 Å². The number of carbonyl (C=O) groups is 1. The van der Waals surface area contributed by atoms with Gasteiger partial charge in [0.25, 0.3) is 0 Å². The van der Waals surface area contributed by atoms with E-state index in [1.54, 1.807) is 11.3 Å². The molecule has 0 radical (unpaired) electrons. The molecule has 0 aliphatic heterocycles. The number of hydrogen-bond acceptors (Lipinski definition) is 3. The molecule has 0 aromatic carbocycles. The Morgan fingerprint density at radius 1 is 1.59 bits per heavy atom. The fourth-order valence-electron chi connectivity index (χ4n) is 2.64. The minimum Gasteiger partial charge on any atom is -0.340 e. The highest BCUT2D eigenvalue weighted by molar-refractivity contribution is 7.09. The molecule has 1 aromatic rings. The van der Waals surface area contributed by atoms with Gasteiger partial charge in [-0.3, -0.25) is 4.79 Å². The number of hydrogen-bond donors (Lipinski definition) is 1. The van der Waals surface area contributed by atoms with E-state index in [1.807, 2.05) is 23.4 Å². The van der Waals surface area contributed by atoms with Crippen LogP contribution >= 0.6 is 11.3 Å². The second-order valence-electron chi connectivity index (χ2n) is 4.81. The molecule has 1 fully saturated rings. The molecule has 1 heterocycles. The molecule has 3 nitrogen and oxygen atoms in total. The van der Waals surface area contributed by atoms with Gasteiger partial charge in [-0.15, -0.1) is 11.3 Å². The average molecular weight is 252 g/mol. The van der Waals surface area contributed by atoms with Gasteiger partial charge in [0.2, 0.25) is 5.91 Å². The van der Waals surface area contributed by atoms with Crippen molar-refractivity contribution in [3.63, 3.8) is 0 Å². The first-order valence-corrected chi connectivity index (χ1v) is 7.07. The van der Waals surface area contributed by atoms with Crippen LogP contribution in [0, 0.1) is 11.8 Å². The molecule has 1 amide bonds. The van der Waals surface area contributed by atoms with E-state index in [-0.39, 0.29) is 11.8 Å². The summed E-state index contributed by atoms with van der Waals surface area (Å²) in [5.74, 6) is 0.824. The summed E-state index contributed by atoms with van der Waals surface area (Å²) in [4.78, 5) is 15.4. The Hall–Kier alpha value is -0.870. The van der Waals surface area contributed by atoms with Gasteiger partial charge in [-0.25, -0.2) is 0 Å². The van der Waals surface area contributed by atoms with E-state index in [0.29, 0.717) is 12.5 Å². The third-order valence-electron chi connectivity index (χ3n) is 3.63. The van der Waals surface area contributed by atoms with Crippen molar-refractivity contribution in [2.45, 2.75) is 25.8 Å². The van der Waals surface area contributed by atoms with Crippen molar-refractivity contribution in [2.24, 2.45) is 17.6 Å². The molecule has 94 valence electrons. The van der Waals surface area contributed by atoms with Crippen molar-refractivity contribution in [1.29, 1.82) is 0 Å². The zero-order valence-corrected chi connectivity index (χ0v) is 11.1. The van der Waals surface area contributed by atoms with Crippen molar-refractivity contribution >= 4 is 17.2 Å². The van der Waals surface area contributed by atoms with Gasteiger partial charge in [0.15, 0.2) is 0 Å². The smallest absolute Gasteiger partial charge is 0.226 e. The number of thiophene rings is 1. The van der Waals surface area contributed by atoms with Gasteiger partial charge >= 0.3 is 0 Å². The summed E-state index contributed by atoms with van der Waals surface area (Å²) >= 11 is 1.70. The Bertz CT molecular complexity index is 364. The SMILES string of the molecule is CN(Cc1cccs1)C(=O)C1CCCC1CN. The molecular weight excluding hydrogens is 232 g/mol. The molecule has 2 rings (SSSR count). The van der Waals surface area contributed by atoms with Crippen molar-refractivity contribution in [3.05, 3.63) is 22.4 Å². The van der Waals surface area contributed by atoms with Crippen LogP contribution in [0.4, 0.5) is 0 Å². The van der Waals surface area contributed by atoms with Crippen molar-refractivity contribution < 1.29 is 4.79 Å². The topological polar surface area (TPSA) is 46.3 Å². The predicted molar refractivity (Wildman–Crippen MR) is 70.7 cm³/mol. The standard InChI is InChI=1S/C13H20N2OS/c1-15(9-11-5-3-7-17-11)13(16)12-6-2-4-10(12)8-14/h3,5,7,10,12H,2,4,6,8-9,14H2,1H3. The van der Waals surface area contributed by atoms with E-state index >= 15 is 0 Å². The van der Waals surface area contributed by atoms with Crippen LogP contribution in [0.5, 0.6) is 0 Å². The van der Waals surface area contributed by atoms with E-state index in [2.05, 4.69) is 6.07 Å². The summed E-state index contributed by atoms with van der Waals surface area (Å²) in [6, 6.07) is 4.10. The lowest BCUT2D eigenvalue weighted by Crippen LogP contribution is -2.36. The molecule has 17 heavy (non-hydrogen) atoms. The quantitative estimate of drug-likeness (QED) is 0.892. The first kappa shape index (κ1) is 12.6. The minimum atomic E-state index is 0.157. The monoisotopic (exact) mass is 252 g/mol. The largest absolute Gasteiger partial charge is 0.340 e. The lowest BCUT2D eigenvalue weighted by atomic mass is 9.95. The maximum absolute atomic E-state index is 12.3. The summed E-state index contributed by atoms with van der Waals surface area (Å²) in [5, 5.41) is 2.05. The summed E-state index contributed by atoms with van der Waals surface area (Å²) in [6.45, 7) is 1.37.